The molecule has 1 aromatic heterocycles. The van der Waals surface area contributed by atoms with E-state index in [1.807, 2.05) is 29.3 Å². The summed E-state index contributed by atoms with van der Waals surface area (Å²) < 4.78 is 51.8. The maximum absolute atomic E-state index is 13.9. The van der Waals surface area contributed by atoms with E-state index in [-0.39, 0.29) is 12.1 Å². The number of likely N-dealkylation sites (tertiary alicyclic amines) is 1. The number of fused-ring (bicyclic) bond motifs is 1. The maximum Gasteiger partial charge on any atom is 0.309 e. The quantitative estimate of drug-likeness (QED) is 0.275. The average Bonchev–Trinajstić information content (AvgIpc) is 3.01. The van der Waals surface area contributed by atoms with Crippen molar-refractivity contribution in [1.82, 2.24) is 14.8 Å². The molecule has 0 spiro atoms. The second-order valence-electron chi connectivity index (χ2n) is 11.3. The molecule has 3 aromatic rings. The molecule has 0 saturated carbocycles. The number of pyridine rings is 1. The molecule has 2 fully saturated rings. The molecular formula is C33H36F3N3O4. The summed E-state index contributed by atoms with van der Waals surface area (Å²) in [5, 5.41) is 11.3. The topological polar surface area (TPSA) is 75.1 Å². The minimum absolute atomic E-state index is 0.253. The molecule has 10 heteroatoms. The van der Waals surface area contributed by atoms with Gasteiger partial charge in [-0.2, -0.15) is 0 Å². The van der Waals surface area contributed by atoms with Crippen molar-refractivity contribution in [1.29, 1.82) is 0 Å². The van der Waals surface area contributed by atoms with Crippen molar-refractivity contribution >= 4 is 16.9 Å². The number of aliphatic carboxylic acids is 1. The lowest BCUT2D eigenvalue weighted by Gasteiger charge is -2.38. The second kappa shape index (κ2) is 13.8. The van der Waals surface area contributed by atoms with Gasteiger partial charge in [0.1, 0.15) is 11.6 Å². The number of carboxylic acids is 1. The number of aromatic nitrogens is 1. The van der Waals surface area contributed by atoms with Gasteiger partial charge in [0, 0.05) is 50.4 Å². The number of carboxylic acid groups (broad SMARTS) is 1. The van der Waals surface area contributed by atoms with Crippen LogP contribution in [0.4, 0.5) is 13.2 Å². The monoisotopic (exact) mass is 595 g/mol. The van der Waals surface area contributed by atoms with Crippen LogP contribution in [0.1, 0.15) is 42.4 Å². The van der Waals surface area contributed by atoms with E-state index in [9.17, 15) is 23.1 Å². The first-order valence-corrected chi connectivity index (χ1v) is 14.6. The first-order chi connectivity index (χ1) is 20.8. The van der Waals surface area contributed by atoms with Crippen molar-refractivity contribution in [3.63, 3.8) is 0 Å². The number of ether oxygens (including phenoxy) is 2. The van der Waals surface area contributed by atoms with Crippen LogP contribution in [0.25, 0.3) is 10.9 Å². The Hall–Kier alpha value is -3.65. The number of morpholine rings is 1. The smallest absolute Gasteiger partial charge is 0.309 e. The first-order valence-electron chi connectivity index (χ1n) is 14.6. The molecule has 228 valence electrons. The summed E-state index contributed by atoms with van der Waals surface area (Å²) in [4.78, 5) is 21.6. The highest BCUT2D eigenvalue weighted by atomic mass is 19.2. The molecule has 5 rings (SSSR count). The molecule has 0 aliphatic carbocycles. The van der Waals surface area contributed by atoms with E-state index in [2.05, 4.69) is 16.7 Å². The van der Waals surface area contributed by atoms with Crippen LogP contribution in [0.5, 0.6) is 5.75 Å². The van der Waals surface area contributed by atoms with E-state index < -0.39 is 28.8 Å². The van der Waals surface area contributed by atoms with Gasteiger partial charge in [0.25, 0.3) is 0 Å². The lowest BCUT2D eigenvalue weighted by Crippen LogP contribution is -2.44. The Morgan fingerprint density at radius 2 is 1.86 bits per heavy atom. The second-order valence-corrected chi connectivity index (χ2v) is 11.3. The van der Waals surface area contributed by atoms with Gasteiger partial charge < -0.3 is 14.6 Å². The fraction of sp³-hybridized carbons (Fsp3) is 0.455. The molecule has 2 aliphatic rings. The van der Waals surface area contributed by atoms with Gasteiger partial charge in [-0.15, -0.1) is 0 Å². The standard InChI is InChI=1S/C33H36F3N3O4/c1-42-26-6-7-30-28(20-26)27(24(21-37-30)22-39-14-16-43-17-15-39)5-2-8-33(32(40)41)9-12-38(13-10-33)11-3-4-23-18-25(34)19-29(35)31(23)36/h6-7,18-21H,2,5,8-17,22H2,1H3,(H,40,41). The van der Waals surface area contributed by atoms with Gasteiger partial charge in [-0.05, 0) is 67.5 Å². The van der Waals surface area contributed by atoms with Crippen molar-refractivity contribution in [3.8, 4) is 17.6 Å². The number of piperidine rings is 1. The van der Waals surface area contributed by atoms with Gasteiger partial charge in [-0.1, -0.05) is 11.8 Å². The summed E-state index contributed by atoms with van der Waals surface area (Å²) in [5.74, 6) is 1.90. The SMILES string of the molecule is COc1ccc2ncc(CN3CCOCC3)c(CCCC3(C(=O)O)CCN(CC#Cc4cc(F)cc(F)c4F)CC3)c2c1. The third kappa shape index (κ3) is 7.29. The largest absolute Gasteiger partial charge is 0.497 e. The summed E-state index contributed by atoms with van der Waals surface area (Å²) in [6.07, 6.45) is 4.79. The molecule has 2 aliphatic heterocycles. The van der Waals surface area contributed by atoms with Crippen LogP contribution in [-0.2, 0) is 22.5 Å². The van der Waals surface area contributed by atoms with Gasteiger partial charge in [0.2, 0.25) is 0 Å². The van der Waals surface area contributed by atoms with Crippen molar-refractivity contribution in [2.75, 3.05) is 53.0 Å². The number of rotatable bonds is 9. The van der Waals surface area contributed by atoms with Crippen molar-refractivity contribution < 1.29 is 32.5 Å². The minimum atomic E-state index is -1.28. The Kier molecular flexibility index (Phi) is 9.86. The summed E-state index contributed by atoms with van der Waals surface area (Å²) >= 11 is 0. The van der Waals surface area contributed by atoms with Crippen molar-refractivity contribution in [3.05, 3.63) is 70.7 Å². The Labute approximate surface area is 249 Å². The third-order valence-corrected chi connectivity index (χ3v) is 8.64. The molecule has 0 amide bonds. The highest BCUT2D eigenvalue weighted by Crippen LogP contribution is 2.38. The van der Waals surface area contributed by atoms with Gasteiger partial charge in [0.15, 0.2) is 11.6 Å². The van der Waals surface area contributed by atoms with E-state index in [4.69, 9.17) is 14.5 Å². The molecule has 7 nitrogen and oxygen atoms in total. The van der Waals surface area contributed by atoms with Gasteiger partial charge in [-0.25, -0.2) is 13.2 Å². The Balaban J connectivity index is 1.26. The van der Waals surface area contributed by atoms with Crippen LogP contribution >= 0.6 is 0 Å². The number of methoxy groups -OCH3 is 1. The average molecular weight is 596 g/mol. The van der Waals surface area contributed by atoms with Crippen molar-refractivity contribution in [2.45, 2.75) is 38.6 Å². The van der Waals surface area contributed by atoms with Gasteiger partial charge >= 0.3 is 5.97 Å². The molecule has 0 radical (unpaired) electrons. The van der Waals surface area contributed by atoms with E-state index in [0.29, 0.717) is 64.5 Å². The zero-order valence-electron chi connectivity index (χ0n) is 24.3. The molecule has 0 bridgehead atoms. The lowest BCUT2D eigenvalue weighted by molar-refractivity contribution is -0.152. The highest BCUT2D eigenvalue weighted by molar-refractivity contribution is 5.84. The third-order valence-electron chi connectivity index (χ3n) is 8.64. The normalized spacial score (nSPS) is 17.4. The van der Waals surface area contributed by atoms with E-state index in [0.717, 1.165) is 47.9 Å². The lowest BCUT2D eigenvalue weighted by atomic mass is 9.74. The van der Waals surface area contributed by atoms with Crippen LogP contribution in [0.3, 0.4) is 0 Å². The number of halogens is 3. The van der Waals surface area contributed by atoms with Gasteiger partial charge in [0.05, 0.1) is 43.4 Å². The first kappa shape index (κ1) is 30.8. The van der Waals surface area contributed by atoms with E-state index >= 15 is 0 Å². The van der Waals surface area contributed by atoms with Crippen LogP contribution < -0.4 is 4.74 Å². The van der Waals surface area contributed by atoms with Crippen molar-refractivity contribution in [2.24, 2.45) is 5.41 Å². The summed E-state index contributed by atoms with van der Waals surface area (Å²) in [7, 11) is 1.64. The number of nitrogens with zero attached hydrogens (tertiary/aromatic N) is 3. The maximum atomic E-state index is 13.9. The fourth-order valence-corrected chi connectivity index (χ4v) is 6.03. The predicted molar refractivity (Wildman–Crippen MR) is 156 cm³/mol. The number of hydrogen-bond acceptors (Lipinski definition) is 6. The summed E-state index contributed by atoms with van der Waals surface area (Å²) in [6, 6.07) is 7.20. The van der Waals surface area contributed by atoms with Gasteiger partial charge in [-0.3, -0.25) is 19.6 Å². The Morgan fingerprint density at radius 1 is 1.09 bits per heavy atom. The molecule has 2 aromatic carbocycles. The number of aryl methyl sites for hydroxylation is 1. The highest BCUT2D eigenvalue weighted by Gasteiger charge is 2.40. The van der Waals surface area contributed by atoms with Crippen LogP contribution in [0.2, 0.25) is 0 Å². The summed E-state index contributed by atoms with van der Waals surface area (Å²) in [5.41, 5.74) is 2.00. The molecule has 0 unspecified atom stereocenters. The fourth-order valence-electron chi connectivity index (χ4n) is 6.03. The number of benzene rings is 2. The number of carbonyl (C=O) groups is 1. The zero-order chi connectivity index (χ0) is 30.4. The Morgan fingerprint density at radius 3 is 2.58 bits per heavy atom. The van der Waals surface area contributed by atoms with E-state index in [1.54, 1.807) is 7.11 Å². The predicted octanol–water partition coefficient (Wildman–Crippen LogP) is 5.03. The minimum Gasteiger partial charge on any atom is -0.497 e. The van der Waals surface area contributed by atoms with Crippen LogP contribution in [0.15, 0.2) is 36.5 Å². The molecular weight excluding hydrogens is 559 g/mol. The molecule has 0 atom stereocenters. The van der Waals surface area contributed by atoms with Crippen LogP contribution in [0, 0.1) is 34.7 Å². The Bertz CT molecular complexity index is 1520. The molecule has 2 saturated heterocycles. The molecule has 1 N–H and O–H groups in total. The van der Waals surface area contributed by atoms with E-state index in [1.165, 1.54) is 5.56 Å². The summed E-state index contributed by atoms with van der Waals surface area (Å²) in [6.45, 7) is 5.15. The molecule has 43 heavy (non-hydrogen) atoms. The number of hydrogen-bond donors (Lipinski definition) is 1. The van der Waals surface area contributed by atoms with Crippen LogP contribution in [-0.4, -0.2) is 78.9 Å². The molecule has 3 heterocycles. The zero-order valence-corrected chi connectivity index (χ0v) is 24.3.